The van der Waals surface area contributed by atoms with E-state index < -0.39 is 29.6 Å². The van der Waals surface area contributed by atoms with Crippen molar-refractivity contribution >= 4 is 23.8 Å². The summed E-state index contributed by atoms with van der Waals surface area (Å²) in [5.74, 6) is -1.95. The minimum atomic E-state index is -0.697. The van der Waals surface area contributed by atoms with Crippen molar-refractivity contribution in [2.45, 2.75) is 38.0 Å². The van der Waals surface area contributed by atoms with Crippen LogP contribution in [0, 0.1) is 11.6 Å². The van der Waals surface area contributed by atoms with Gasteiger partial charge in [0.25, 0.3) is 5.91 Å². The van der Waals surface area contributed by atoms with Crippen molar-refractivity contribution in [3.63, 3.8) is 0 Å². The number of imide groups is 1. The predicted molar refractivity (Wildman–Crippen MR) is 140 cm³/mol. The number of urea groups is 1. The molecule has 2 saturated heterocycles. The summed E-state index contributed by atoms with van der Waals surface area (Å²) < 4.78 is 28.3. The van der Waals surface area contributed by atoms with Crippen molar-refractivity contribution < 1.29 is 28.0 Å². The largest absolute Gasteiger partial charge is 0.322 e. The number of rotatable bonds is 6. The van der Waals surface area contributed by atoms with E-state index in [4.69, 9.17) is 0 Å². The Bertz CT molecular complexity index is 1500. The maximum atomic E-state index is 14.1. The lowest BCUT2D eigenvalue weighted by atomic mass is 9.97. The van der Waals surface area contributed by atoms with Gasteiger partial charge in [0.05, 0.1) is 6.04 Å². The van der Waals surface area contributed by atoms with Gasteiger partial charge in [-0.15, -0.1) is 0 Å². The highest BCUT2D eigenvalue weighted by Crippen LogP contribution is 2.34. The van der Waals surface area contributed by atoms with Gasteiger partial charge in [0.1, 0.15) is 17.7 Å². The topological polar surface area (TPSA) is 90.0 Å². The third-order valence-corrected chi connectivity index (χ3v) is 7.73. The first-order chi connectivity index (χ1) is 19.3. The lowest BCUT2D eigenvalue weighted by Crippen LogP contribution is -2.52. The SMILES string of the molecule is O=C1CCC(N2Cc3cc(CN4CCN(C(c5cccc(F)c5)c5cccc(F)c5)C4=O)ccc3C2=O)C(=O)N1. The summed E-state index contributed by atoms with van der Waals surface area (Å²) in [7, 11) is 0. The molecule has 0 bridgehead atoms. The van der Waals surface area contributed by atoms with E-state index in [1.54, 1.807) is 46.2 Å². The Morgan fingerprint density at radius 1 is 0.875 bits per heavy atom. The molecule has 0 aromatic heterocycles. The second-order valence-electron chi connectivity index (χ2n) is 10.3. The molecule has 2 fully saturated rings. The van der Waals surface area contributed by atoms with E-state index >= 15 is 0 Å². The van der Waals surface area contributed by atoms with E-state index in [-0.39, 0.29) is 43.8 Å². The highest BCUT2D eigenvalue weighted by atomic mass is 19.1. The molecular formula is C30H26F2N4O4. The molecule has 0 aliphatic carbocycles. The molecule has 8 nitrogen and oxygen atoms in total. The van der Waals surface area contributed by atoms with Gasteiger partial charge in [0.2, 0.25) is 11.8 Å². The summed E-state index contributed by atoms with van der Waals surface area (Å²) in [6.45, 7) is 1.31. The number of fused-ring (bicyclic) bond motifs is 1. The molecule has 3 aromatic carbocycles. The minimum Gasteiger partial charge on any atom is -0.322 e. The van der Waals surface area contributed by atoms with Gasteiger partial charge in [0, 0.05) is 38.2 Å². The van der Waals surface area contributed by atoms with Crippen LogP contribution in [0.2, 0.25) is 0 Å². The van der Waals surface area contributed by atoms with Crippen molar-refractivity contribution in [1.29, 1.82) is 0 Å². The molecule has 1 atom stereocenters. The van der Waals surface area contributed by atoms with Crippen LogP contribution in [0.4, 0.5) is 13.6 Å². The molecule has 5 amide bonds. The third kappa shape index (κ3) is 4.70. The minimum absolute atomic E-state index is 0.182. The highest BCUT2D eigenvalue weighted by Gasteiger charge is 2.40. The fourth-order valence-corrected chi connectivity index (χ4v) is 5.84. The van der Waals surface area contributed by atoms with Crippen molar-refractivity contribution in [3.05, 3.63) is 106 Å². The second-order valence-corrected chi connectivity index (χ2v) is 10.3. The highest BCUT2D eigenvalue weighted by molar-refractivity contribution is 6.05. The lowest BCUT2D eigenvalue weighted by Gasteiger charge is -2.29. The fourth-order valence-electron chi connectivity index (χ4n) is 5.84. The van der Waals surface area contributed by atoms with Crippen LogP contribution in [-0.4, -0.2) is 57.6 Å². The van der Waals surface area contributed by atoms with E-state index in [1.165, 1.54) is 29.2 Å². The molecule has 3 aliphatic heterocycles. The zero-order valence-electron chi connectivity index (χ0n) is 21.5. The Labute approximate surface area is 229 Å². The Hall–Kier alpha value is -4.60. The van der Waals surface area contributed by atoms with Crippen molar-refractivity contribution in [3.8, 4) is 0 Å². The van der Waals surface area contributed by atoms with E-state index in [2.05, 4.69) is 5.32 Å². The quantitative estimate of drug-likeness (QED) is 0.479. The molecule has 3 heterocycles. The van der Waals surface area contributed by atoms with Crippen molar-refractivity contribution in [2.75, 3.05) is 13.1 Å². The van der Waals surface area contributed by atoms with E-state index in [1.807, 2.05) is 6.07 Å². The van der Waals surface area contributed by atoms with Crippen molar-refractivity contribution in [2.24, 2.45) is 0 Å². The zero-order chi connectivity index (χ0) is 28.0. The molecule has 1 N–H and O–H groups in total. The molecule has 3 aliphatic rings. The molecule has 0 spiro atoms. The number of carbonyl (C=O) groups excluding carboxylic acids is 4. The summed E-state index contributed by atoms with van der Waals surface area (Å²) in [5.41, 5.74) is 3.17. The Balaban J connectivity index is 1.21. The molecule has 0 radical (unpaired) electrons. The molecular weight excluding hydrogens is 518 g/mol. The maximum Gasteiger partial charge on any atom is 0.321 e. The average Bonchev–Trinajstić information content (AvgIpc) is 3.43. The number of hydrogen-bond donors (Lipinski definition) is 1. The fraction of sp³-hybridized carbons (Fsp3) is 0.267. The van der Waals surface area contributed by atoms with Gasteiger partial charge in [-0.2, -0.15) is 0 Å². The van der Waals surface area contributed by atoms with Gasteiger partial charge in [-0.25, -0.2) is 13.6 Å². The smallest absolute Gasteiger partial charge is 0.321 e. The molecule has 40 heavy (non-hydrogen) atoms. The van der Waals surface area contributed by atoms with Crippen molar-refractivity contribution in [1.82, 2.24) is 20.0 Å². The summed E-state index contributed by atoms with van der Waals surface area (Å²) >= 11 is 0. The monoisotopic (exact) mass is 544 g/mol. The third-order valence-electron chi connectivity index (χ3n) is 7.73. The number of carbonyl (C=O) groups is 4. The molecule has 204 valence electrons. The predicted octanol–water partition coefficient (Wildman–Crippen LogP) is 3.75. The van der Waals surface area contributed by atoms with Gasteiger partial charge in [0.15, 0.2) is 0 Å². The van der Waals surface area contributed by atoms with Crippen LogP contribution in [0.15, 0.2) is 66.7 Å². The summed E-state index contributed by atoms with van der Waals surface area (Å²) in [4.78, 5) is 55.2. The van der Waals surface area contributed by atoms with Crippen LogP contribution in [0.5, 0.6) is 0 Å². The Kier molecular flexibility index (Phi) is 6.53. The maximum absolute atomic E-state index is 14.1. The molecule has 10 heteroatoms. The van der Waals surface area contributed by atoms with E-state index in [0.29, 0.717) is 29.8 Å². The van der Waals surface area contributed by atoms with Crippen LogP contribution in [-0.2, 0) is 22.7 Å². The first-order valence-electron chi connectivity index (χ1n) is 13.1. The number of piperidine rings is 1. The van der Waals surface area contributed by atoms with Gasteiger partial charge < -0.3 is 14.7 Å². The summed E-state index contributed by atoms with van der Waals surface area (Å²) in [6, 6.07) is 15.7. The first kappa shape index (κ1) is 25.7. The second kappa shape index (κ2) is 10.2. The van der Waals surface area contributed by atoms with Gasteiger partial charge in [-0.3, -0.25) is 19.7 Å². The zero-order valence-corrected chi connectivity index (χ0v) is 21.5. The van der Waals surface area contributed by atoms with Gasteiger partial charge in [-0.1, -0.05) is 36.4 Å². The molecule has 3 aromatic rings. The lowest BCUT2D eigenvalue weighted by molar-refractivity contribution is -0.136. The Morgan fingerprint density at radius 3 is 2.23 bits per heavy atom. The first-order valence-corrected chi connectivity index (χ1v) is 13.1. The average molecular weight is 545 g/mol. The molecule has 6 rings (SSSR count). The van der Waals surface area contributed by atoms with E-state index in [9.17, 15) is 28.0 Å². The van der Waals surface area contributed by atoms with Crippen LogP contribution in [0.1, 0.15) is 51.5 Å². The number of benzene rings is 3. The van der Waals surface area contributed by atoms with Crippen LogP contribution >= 0.6 is 0 Å². The summed E-state index contributed by atoms with van der Waals surface area (Å²) in [5, 5.41) is 2.30. The van der Waals surface area contributed by atoms with Crippen LogP contribution in [0.3, 0.4) is 0 Å². The molecule has 0 saturated carbocycles. The van der Waals surface area contributed by atoms with E-state index in [0.717, 1.165) is 11.1 Å². The standard InChI is InChI=1S/C30H26F2N4O4/c31-22-5-1-3-19(14-22)27(20-4-2-6-23(32)15-20)35-12-11-34(30(35)40)16-18-7-8-24-21(13-18)17-36(29(24)39)25-9-10-26(37)33-28(25)38/h1-8,13-15,25,27H,9-12,16-17H2,(H,33,37,38). The summed E-state index contributed by atoms with van der Waals surface area (Å²) in [6.07, 6.45) is 0.467. The van der Waals surface area contributed by atoms with Gasteiger partial charge >= 0.3 is 6.03 Å². The molecule has 1 unspecified atom stereocenters. The normalized spacial score (nSPS) is 19.1. The number of amides is 5. The Morgan fingerprint density at radius 2 is 1.57 bits per heavy atom. The number of nitrogens with zero attached hydrogens (tertiary/aromatic N) is 3. The number of halogens is 2. The van der Waals surface area contributed by atoms with Gasteiger partial charge in [-0.05, 0) is 59.0 Å². The van der Waals surface area contributed by atoms with Crippen LogP contribution in [0.25, 0.3) is 0 Å². The number of hydrogen-bond acceptors (Lipinski definition) is 4. The van der Waals surface area contributed by atoms with Crippen LogP contribution < -0.4 is 5.32 Å². The number of nitrogens with one attached hydrogen (secondary N) is 1.